The van der Waals surface area contributed by atoms with Crippen molar-refractivity contribution in [1.29, 1.82) is 0 Å². The molecule has 0 heterocycles. The topological polar surface area (TPSA) is 92.4 Å². The fourth-order valence-corrected chi connectivity index (χ4v) is 2.19. The summed E-state index contributed by atoms with van der Waals surface area (Å²) in [6, 6.07) is 2.03. The number of nitrogens with one attached hydrogen (secondary N) is 1. The molecule has 0 aliphatic carbocycles. The van der Waals surface area contributed by atoms with Gasteiger partial charge in [0, 0.05) is 6.07 Å². The lowest BCUT2D eigenvalue weighted by molar-refractivity contribution is 0.475. The summed E-state index contributed by atoms with van der Waals surface area (Å²) in [6.07, 6.45) is 0. The first kappa shape index (κ1) is 11.5. The minimum Gasteiger partial charge on any atom is -0.506 e. The molecule has 0 saturated carbocycles. The van der Waals surface area contributed by atoms with Crippen LogP contribution in [0.3, 0.4) is 0 Å². The number of hydrogen-bond donors (Lipinski definition) is 3. The third-order valence-corrected chi connectivity index (χ3v) is 3.40. The van der Waals surface area contributed by atoms with E-state index in [1.54, 1.807) is 4.83 Å². The van der Waals surface area contributed by atoms with Crippen LogP contribution < -0.4 is 10.7 Å². The Bertz CT molecular complexity index is 460. The minimum absolute atomic E-state index is 0.122. The van der Waals surface area contributed by atoms with E-state index < -0.39 is 10.0 Å². The zero-order valence-electron chi connectivity index (χ0n) is 6.66. The molecule has 14 heavy (non-hydrogen) atoms. The van der Waals surface area contributed by atoms with Crippen molar-refractivity contribution < 1.29 is 13.5 Å². The predicted octanol–water partition coefficient (Wildman–Crippen LogP) is 0.851. The first-order chi connectivity index (χ1) is 6.38. The van der Waals surface area contributed by atoms with E-state index in [1.807, 2.05) is 0 Å². The fraction of sp³-hybridized carbons (Fsp3) is 0. The van der Waals surface area contributed by atoms with Gasteiger partial charge in [-0.2, -0.15) is 4.83 Å². The van der Waals surface area contributed by atoms with Gasteiger partial charge in [0.25, 0.3) is 10.0 Å². The molecule has 0 bridgehead atoms. The van der Waals surface area contributed by atoms with Gasteiger partial charge in [-0.3, -0.25) is 5.84 Å². The molecule has 78 valence electrons. The van der Waals surface area contributed by atoms with Crippen molar-refractivity contribution in [2.45, 2.75) is 4.90 Å². The molecule has 1 aromatic carbocycles. The lowest BCUT2D eigenvalue weighted by Gasteiger charge is -2.06. The second kappa shape index (κ2) is 3.92. The third kappa shape index (κ3) is 2.10. The van der Waals surface area contributed by atoms with Crippen molar-refractivity contribution in [2.75, 3.05) is 0 Å². The van der Waals surface area contributed by atoms with E-state index in [0.717, 1.165) is 12.1 Å². The molecular weight excluding hydrogens is 251 g/mol. The van der Waals surface area contributed by atoms with Gasteiger partial charge in [0.2, 0.25) is 0 Å². The van der Waals surface area contributed by atoms with Crippen LogP contribution in [-0.4, -0.2) is 13.5 Å². The molecule has 0 aliphatic rings. The Morgan fingerprint density at radius 2 is 1.86 bits per heavy atom. The zero-order valence-corrected chi connectivity index (χ0v) is 8.99. The smallest absolute Gasteiger partial charge is 0.254 e. The fourth-order valence-electron chi connectivity index (χ4n) is 0.788. The molecule has 0 fully saturated rings. The van der Waals surface area contributed by atoms with Crippen molar-refractivity contribution in [1.82, 2.24) is 4.83 Å². The van der Waals surface area contributed by atoms with Crippen LogP contribution in [0.4, 0.5) is 0 Å². The van der Waals surface area contributed by atoms with E-state index in [2.05, 4.69) is 0 Å². The van der Waals surface area contributed by atoms with Crippen LogP contribution in [0.25, 0.3) is 0 Å². The first-order valence-electron chi connectivity index (χ1n) is 3.29. The van der Waals surface area contributed by atoms with Crippen LogP contribution in [0.2, 0.25) is 10.0 Å². The molecule has 4 N–H and O–H groups in total. The highest BCUT2D eigenvalue weighted by Gasteiger charge is 2.18. The summed E-state index contributed by atoms with van der Waals surface area (Å²) >= 11 is 11.1. The number of rotatable bonds is 2. The maximum atomic E-state index is 11.2. The molecule has 0 aromatic heterocycles. The second-order valence-corrected chi connectivity index (χ2v) is 4.85. The Kier molecular flexibility index (Phi) is 3.23. The molecule has 0 atom stereocenters. The minimum atomic E-state index is -3.87. The Hall–Kier alpha value is -0.530. The van der Waals surface area contributed by atoms with Crippen LogP contribution in [0, 0.1) is 0 Å². The summed E-state index contributed by atoms with van der Waals surface area (Å²) in [5.41, 5.74) is 0. The van der Waals surface area contributed by atoms with Crippen molar-refractivity contribution in [3.63, 3.8) is 0 Å². The van der Waals surface area contributed by atoms with Crippen molar-refractivity contribution >= 4 is 33.2 Å². The quantitative estimate of drug-likeness (QED) is 0.541. The normalized spacial score (nSPS) is 11.6. The number of phenolic OH excluding ortho intramolecular Hbond substituents is 1. The number of hydrazine groups is 1. The van der Waals surface area contributed by atoms with Crippen molar-refractivity contribution in [3.05, 3.63) is 22.2 Å². The number of phenols is 1. The molecule has 0 radical (unpaired) electrons. The van der Waals surface area contributed by atoms with E-state index in [-0.39, 0.29) is 20.7 Å². The molecule has 0 aliphatic heterocycles. The summed E-state index contributed by atoms with van der Waals surface area (Å²) in [5.74, 6) is 4.49. The molecule has 0 unspecified atom stereocenters. The average molecular weight is 257 g/mol. The Morgan fingerprint density at radius 3 is 2.36 bits per heavy atom. The molecule has 0 amide bonds. The molecule has 0 saturated heterocycles. The standard InChI is InChI=1S/C6H6Cl2N2O3S/c7-3-2-6(14(12,13)10-9)4(8)1-5(3)11/h1-2,10-11H,9H2. The summed E-state index contributed by atoms with van der Waals surface area (Å²) in [5, 5.41) is 8.82. The lowest BCUT2D eigenvalue weighted by atomic mass is 10.3. The summed E-state index contributed by atoms with van der Waals surface area (Å²) < 4.78 is 22.4. The number of halogens is 2. The van der Waals surface area contributed by atoms with Crippen LogP contribution in [0.15, 0.2) is 17.0 Å². The monoisotopic (exact) mass is 256 g/mol. The number of benzene rings is 1. The zero-order chi connectivity index (χ0) is 10.9. The molecular formula is C6H6Cl2N2O3S. The van der Waals surface area contributed by atoms with Gasteiger partial charge in [-0.25, -0.2) is 8.42 Å². The Balaban J connectivity index is 3.45. The summed E-state index contributed by atoms with van der Waals surface area (Å²) in [6.45, 7) is 0. The van der Waals surface area contributed by atoms with Gasteiger partial charge in [-0.05, 0) is 6.07 Å². The largest absolute Gasteiger partial charge is 0.506 e. The Labute approximate surface area is 90.5 Å². The van der Waals surface area contributed by atoms with Gasteiger partial charge in [0.05, 0.1) is 10.0 Å². The van der Waals surface area contributed by atoms with Gasteiger partial charge in [0.1, 0.15) is 10.6 Å². The molecule has 8 heteroatoms. The van der Waals surface area contributed by atoms with Crippen LogP contribution >= 0.6 is 23.2 Å². The highest BCUT2D eigenvalue weighted by Crippen LogP contribution is 2.32. The average Bonchev–Trinajstić information content (AvgIpc) is 2.11. The molecule has 5 nitrogen and oxygen atoms in total. The molecule has 1 aromatic rings. The van der Waals surface area contributed by atoms with Crippen molar-refractivity contribution in [2.24, 2.45) is 5.84 Å². The van der Waals surface area contributed by atoms with Crippen molar-refractivity contribution in [3.8, 4) is 5.75 Å². The van der Waals surface area contributed by atoms with Crippen LogP contribution in [0.5, 0.6) is 5.75 Å². The highest BCUT2D eigenvalue weighted by molar-refractivity contribution is 7.89. The van der Waals surface area contributed by atoms with Gasteiger partial charge in [0.15, 0.2) is 0 Å². The predicted molar refractivity (Wildman–Crippen MR) is 52.6 cm³/mol. The Morgan fingerprint density at radius 1 is 1.29 bits per heavy atom. The van der Waals surface area contributed by atoms with E-state index >= 15 is 0 Å². The van der Waals surface area contributed by atoms with Crippen LogP contribution in [0.1, 0.15) is 0 Å². The maximum absolute atomic E-state index is 11.2. The molecule has 1 rings (SSSR count). The number of aromatic hydroxyl groups is 1. The summed E-state index contributed by atoms with van der Waals surface area (Å²) in [4.78, 5) is 1.31. The van der Waals surface area contributed by atoms with E-state index in [1.165, 1.54) is 0 Å². The van der Waals surface area contributed by atoms with Gasteiger partial charge in [-0.1, -0.05) is 23.2 Å². The van der Waals surface area contributed by atoms with Gasteiger partial charge < -0.3 is 5.11 Å². The molecule has 0 spiro atoms. The van der Waals surface area contributed by atoms with E-state index in [9.17, 15) is 8.42 Å². The van der Waals surface area contributed by atoms with E-state index in [0.29, 0.717) is 0 Å². The maximum Gasteiger partial charge on any atom is 0.254 e. The summed E-state index contributed by atoms with van der Waals surface area (Å²) in [7, 11) is -3.87. The van der Waals surface area contributed by atoms with Gasteiger partial charge >= 0.3 is 0 Å². The number of hydrogen-bond acceptors (Lipinski definition) is 4. The lowest BCUT2D eigenvalue weighted by Crippen LogP contribution is -2.30. The highest BCUT2D eigenvalue weighted by atomic mass is 35.5. The van der Waals surface area contributed by atoms with Gasteiger partial charge in [-0.15, -0.1) is 0 Å². The number of nitrogens with two attached hydrogens (primary N) is 1. The SMILES string of the molecule is NNS(=O)(=O)c1cc(Cl)c(O)cc1Cl. The third-order valence-electron chi connectivity index (χ3n) is 1.45. The van der Waals surface area contributed by atoms with E-state index in [4.69, 9.17) is 34.2 Å². The van der Waals surface area contributed by atoms with Crippen LogP contribution in [-0.2, 0) is 10.0 Å². The second-order valence-electron chi connectivity index (χ2n) is 2.36. The number of sulfonamides is 1. The first-order valence-corrected chi connectivity index (χ1v) is 5.53.